The summed E-state index contributed by atoms with van der Waals surface area (Å²) in [6, 6.07) is 1.69. The van der Waals surface area contributed by atoms with Crippen LogP contribution in [0.5, 0.6) is 0 Å². The van der Waals surface area contributed by atoms with Crippen molar-refractivity contribution in [3.05, 3.63) is 41.5 Å². The second-order valence-electron chi connectivity index (χ2n) is 2.42. The molecule has 0 aliphatic rings. The first-order chi connectivity index (χ1) is 6.06. The molecule has 0 aliphatic carbocycles. The molecule has 0 bridgehead atoms. The molecular weight excluding hydrogens is 176 g/mol. The minimum Gasteiger partial charge on any atom is -0.366 e. The van der Waals surface area contributed by atoms with Gasteiger partial charge in [0.15, 0.2) is 0 Å². The van der Waals surface area contributed by atoms with Crippen molar-refractivity contribution in [2.24, 2.45) is 5.73 Å². The van der Waals surface area contributed by atoms with Crippen molar-refractivity contribution >= 4 is 12.0 Å². The van der Waals surface area contributed by atoms with E-state index in [0.717, 1.165) is 18.2 Å². The van der Waals surface area contributed by atoms with Crippen LogP contribution < -0.4 is 5.73 Å². The van der Waals surface area contributed by atoms with Gasteiger partial charge in [-0.25, -0.2) is 8.78 Å². The molecule has 0 unspecified atom stereocenters. The Morgan fingerprint density at radius 3 is 2.54 bits per heavy atom. The number of carbonyl (C=O) groups excluding carboxylic acids is 1. The van der Waals surface area contributed by atoms with E-state index in [9.17, 15) is 13.6 Å². The lowest BCUT2D eigenvalue weighted by Crippen LogP contribution is -2.14. The molecule has 1 aromatic carbocycles. The molecule has 2 nitrogen and oxygen atoms in total. The average Bonchev–Trinajstić information content (AvgIpc) is 2.08. The normalized spacial score (nSPS) is 9.69. The highest BCUT2D eigenvalue weighted by atomic mass is 19.1. The van der Waals surface area contributed by atoms with Gasteiger partial charge in [-0.1, -0.05) is 12.7 Å². The third kappa shape index (κ3) is 1.72. The van der Waals surface area contributed by atoms with Gasteiger partial charge in [0.05, 0.1) is 5.56 Å². The molecule has 0 aromatic heterocycles. The molecule has 0 radical (unpaired) electrons. The lowest BCUT2D eigenvalue weighted by Gasteiger charge is -2.01. The molecule has 0 fully saturated rings. The van der Waals surface area contributed by atoms with E-state index in [1.165, 1.54) is 0 Å². The zero-order chi connectivity index (χ0) is 10.0. The highest BCUT2D eigenvalue weighted by molar-refractivity contribution is 5.93. The van der Waals surface area contributed by atoms with Crippen LogP contribution in [0, 0.1) is 11.6 Å². The van der Waals surface area contributed by atoms with Gasteiger partial charge in [0.25, 0.3) is 5.91 Å². The maximum Gasteiger partial charge on any atom is 0.251 e. The predicted molar refractivity (Wildman–Crippen MR) is 45.0 cm³/mol. The molecule has 4 heteroatoms. The van der Waals surface area contributed by atoms with Crippen molar-refractivity contribution in [2.45, 2.75) is 0 Å². The van der Waals surface area contributed by atoms with Crippen LogP contribution in [-0.2, 0) is 0 Å². The summed E-state index contributed by atoms with van der Waals surface area (Å²) in [5, 5.41) is 0. The van der Waals surface area contributed by atoms with E-state index in [4.69, 9.17) is 5.73 Å². The number of amides is 1. The summed E-state index contributed by atoms with van der Waals surface area (Å²) in [7, 11) is 0. The Labute approximate surface area is 73.7 Å². The van der Waals surface area contributed by atoms with Crippen molar-refractivity contribution in [3.63, 3.8) is 0 Å². The van der Waals surface area contributed by atoms with Gasteiger partial charge in [-0.15, -0.1) is 0 Å². The third-order valence-electron chi connectivity index (χ3n) is 1.55. The smallest absolute Gasteiger partial charge is 0.251 e. The third-order valence-corrected chi connectivity index (χ3v) is 1.55. The highest BCUT2D eigenvalue weighted by Gasteiger charge is 2.12. The van der Waals surface area contributed by atoms with Crippen molar-refractivity contribution in [1.29, 1.82) is 0 Å². The first-order valence-electron chi connectivity index (χ1n) is 3.47. The van der Waals surface area contributed by atoms with Crippen LogP contribution in [-0.4, -0.2) is 5.91 Å². The van der Waals surface area contributed by atoms with E-state index in [1.54, 1.807) is 0 Å². The van der Waals surface area contributed by atoms with E-state index in [-0.39, 0.29) is 5.56 Å². The highest BCUT2D eigenvalue weighted by Crippen LogP contribution is 2.15. The summed E-state index contributed by atoms with van der Waals surface area (Å²) in [4.78, 5) is 10.6. The van der Waals surface area contributed by atoms with Crippen LogP contribution in [0.25, 0.3) is 6.08 Å². The molecule has 0 atom stereocenters. The largest absolute Gasteiger partial charge is 0.366 e. The van der Waals surface area contributed by atoms with Gasteiger partial charge >= 0.3 is 0 Å². The van der Waals surface area contributed by atoms with E-state index in [2.05, 4.69) is 6.58 Å². The average molecular weight is 183 g/mol. The van der Waals surface area contributed by atoms with Crippen LogP contribution in [0.4, 0.5) is 8.78 Å². The number of nitrogens with two attached hydrogens (primary N) is 1. The van der Waals surface area contributed by atoms with Gasteiger partial charge in [0, 0.05) is 5.56 Å². The van der Waals surface area contributed by atoms with Gasteiger partial charge < -0.3 is 5.73 Å². The number of hydrogen-bond donors (Lipinski definition) is 1. The molecule has 1 rings (SSSR count). The monoisotopic (exact) mass is 183 g/mol. The Bertz CT molecular complexity index is 374. The zero-order valence-electron chi connectivity index (χ0n) is 6.68. The Morgan fingerprint density at radius 2 is 2.08 bits per heavy atom. The molecule has 68 valence electrons. The van der Waals surface area contributed by atoms with Gasteiger partial charge in [-0.3, -0.25) is 4.79 Å². The van der Waals surface area contributed by atoms with Crippen molar-refractivity contribution < 1.29 is 13.6 Å². The van der Waals surface area contributed by atoms with Crippen LogP contribution in [0.15, 0.2) is 18.7 Å². The predicted octanol–water partition coefficient (Wildman–Crippen LogP) is 1.71. The number of benzene rings is 1. The topological polar surface area (TPSA) is 43.1 Å². The van der Waals surface area contributed by atoms with E-state index in [0.29, 0.717) is 0 Å². The first-order valence-corrected chi connectivity index (χ1v) is 3.47. The Kier molecular flexibility index (Phi) is 2.41. The number of halogens is 2. The maximum atomic E-state index is 13.2. The summed E-state index contributed by atoms with van der Waals surface area (Å²) in [5.74, 6) is -2.56. The van der Waals surface area contributed by atoms with Crippen molar-refractivity contribution in [3.8, 4) is 0 Å². The zero-order valence-corrected chi connectivity index (χ0v) is 6.68. The summed E-state index contributed by atoms with van der Waals surface area (Å²) in [5.41, 5.74) is 4.29. The summed E-state index contributed by atoms with van der Waals surface area (Å²) >= 11 is 0. The molecule has 1 aromatic rings. The van der Waals surface area contributed by atoms with Crippen LogP contribution in [0.1, 0.15) is 15.9 Å². The molecule has 0 aliphatic heterocycles. The van der Waals surface area contributed by atoms with Crippen LogP contribution in [0.3, 0.4) is 0 Å². The molecule has 13 heavy (non-hydrogen) atoms. The Balaban J connectivity index is 3.44. The van der Waals surface area contributed by atoms with E-state index in [1.807, 2.05) is 0 Å². The van der Waals surface area contributed by atoms with E-state index >= 15 is 0 Å². The van der Waals surface area contributed by atoms with E-state index < -0.39 is 23.1 Å². The minimum absolute atomic E-state index is 0.0752. The number of primary amides is 1. The van der Waals surface area contributed by atoms with Gasteiger partial charge in [-0.2, -0.15) is 0 Å². The second kappa shape index (κ2) is 3.35. The molecule has 0 heterocycles. The fourth-order valence-electron chi connectivity index (χ4n) is 0.938. The second-order valence-corrected chi connectivity index (χ2v) is 2.42. The number of rotatable bonds is 2. The van der Waals surface area contributed by atoms with Crippen LogP contribution >= 0.6 is 0 Å². The fraction of sp³-hybridized carbons (Fsp3) is 0. The molecule has 0 saturated heterocycles. The Morgan fingerprint density at radius 1 is 1.46 bits per heavy atom. The molecule has 0 saturated carbocycles. The summed E-state index contributed by atoms with van der Waals surface area (Å²) in [6.45, 7) is 3.27. The number of hydrogen-bond acceptors (Lipinski definition) is 1. The molecular formula is C9H7F2NO. The number of carbonyl (C=O) groups is 1. The van der Waals surface area contributed by atoms with Gasteiger partial charge in [0.1, 0.15) is 11.6 Å². The van der Waals surface area contributed by atoms with Crippen LogP contribution in [0.2, 0.25) is 0 Å². The SMILES string of the molecule is C=Cc1cc(F)cc(C(N)=O)c1F. The van der Waals surface area contributed by atoms with Gasteiger partial charge in [0.2, 0.25) is 0 Å². The lowest BCUT2D eigenvalue weighted by atomic mass is 10.1. The van der Waals surface area contributed by atoms with Gasteiger partial charge in [-0.05, 0) is 12.1 Å². The molecule has 0 spiro atoms. The minimum atomic E-state index is -1.000. The quantitative estimate of drug-likeness (QED) is 0.745. The van der Waals surface area contributed by atoms with Crippen molar-refractivity contribution in [1.82, 2.24) is 0 Å². The summed E-state index contributed by atoms with van der Waals surface area (Å²) in [6.07, 6.45) is 1.12. The molecule has 2 N–H and O–H groups in total. The Hall–Kier alpha value is -1.71. The molecule has 1 amide bonds. The standard InChI is InChI=1S/C9H7F2NO/c1-2-5-3-6(10)4-7(8(5)11)9(12)13/h2-4H,1H2,(H2,12,13). The lowest BCUT2D eigenvalue weighted by molar-refractivity contribution is 0.0996. The fourth-order valence-corrected chi connectivity index (χ4v) is 0.938. The maximum absolute atomic E-state index is 13.2. The van der Waals surface area contributed by atoms with Crippen molar-refractivity contribution in [2.75, 3.05) is 0 Å². The first kappa shape index (κ1) is 9.38. The summed E-state index contributed by atoms with van der Waals surface area (Å²) < 4.78 is 25.9.